The molecule has 1 aromatic rings. The van der Waals surface area contributed by atoms with E-state index in [0.717, 1.165) is 36.9 Å². The van der Waals surface area contributed by atoms with Crippen molar-refractivity contribution >= 4 is 0 Å². The molecule has 0 fully saturated rings. The molecule has 2 atom stereocenters. The lowest BCUT2D eigenvalue weighted by atomic mass is 10.0. The van der Waals surface area contributed by atoms with Crippen LogP contribution in [0.4, 0.5) is 0 Å². The van der Waals surface area contributed by atoms with Gasteiger partial charge in [-0.2, -0.15) is 0 Å². The summed E-state index contributed by atoms with van der Waals surface area (Å²) in [6, 6.07) is 7.85. The van der Waals surface area contributed by atoms with E-state index in [-0.39, 0.29) is 19.4 Å². The van der Waals surface area contributed by atoms with Gasteiger partial charge in [0.2, 0.25) is 0 Å². The molecule has 1 rings (SSSR count). The van der Waals surface area contributed by atoms with Crippen molar-refractivity contribution in [3.05, 3.63) is 35.4 Å². The van der Waals surface area contributed by atoms with Gasteiger partial charge in [0.1, 0.15) is 0 Å². The second-order valence-electron chi connectivity index (χ2n) is 5.08. The van der Waals surface area contributed by atoms with E-state index in [2.05, 4.69) is 12.2 Å². The van der Waals surface area contributed by atoms with E-state index in [1.54, 1.807) is 0 Å². The molecule has 108 valence electrons. The van der Waals surface area contributed by atoms with Gasteiger partial charge in [-0.05, 0) is 29.9 Å². The Hall–Kier alpha value is -0.940. The summed E-state index contributed by atoms with van der Waals surface area (Å²) in [5.74, 6) is 0.392. The van der Waals surface area contributed by atoms with E-state index in [1.165, 1.54) is 0 Å². The minimum Gasteiger partial charge on any atom is -0.396 e. The highest BCUT2D eigenvalue weighted by Crippen LogP contribution is 2.10. The van der Waals surface area contributed by atoms with Gasteiger partial charge in [0.15, 0.2) is 0 Å². The second-order valence-corrected chi connectivity index (χ2v) is 5.08. The first kappa shape index (κ1) is 16.1. The molecule has 19 heavy (non-hydrogen) atoms. The predicted octanol–water partition coefficient (Wildman–Crippen LogP) is 1.35. The summed E-state index contributed by atoms with van der Waals surface area (Å²) >= 11 is 0. The summed E-state index contributed by atoms with van der Waals surface area (Å²) < 4.78 is 0. The summed E-state index contributed by atoms with van der Waals surface area (Å²) in [7, 11) is 0. The molecule has 0 heterocycles. The van der Waals surface area contributed by atoms with E-state index >= 15 is 0 Å². The summed E-state index contributed by atoms with van der Waals surface area (Å²) in [4.78, 5) is 0. The number of aliphatic hydroxyl groups excluding tert-OH is 2. The molecule has 0 aliphatic heterocycles. The van der Waals surface area contributed by atoms with Crippen molar-refractivity contribution in [2.24, 2.45) is 11.7 Å². The van der Waals surface area contributed by atoms with E-state index < -0.39 is 0 Å². The summed E-state index contributed by atoms with van der Waals surface area (Å²) in [6.07, 6.45) is 2.85. The molecule has 0 aliphatic rings. The van der Waals surface area contributed by atoms with Crippen LogP contribution in [0.5, 0.6) is 0 Å². The molecule has 0 radical (unpaired) electrons. The Labute approximate surface area is 115 Å². The summed E-state index contributed by atoms with van der Waals surface area (Å²) in [5, 5.41) is 21.0. The van der Waals surface area contributed by atoms with Crippen LogP contribution in [0.15, 0.2) is 24.3 Å². The highest BCUT2D eigenvalue weighted by Gasteiger charge is 2.11. The van der Waals surface area contributed by atoms with Gasteiger partial charge >= 0.3 is 0 Å². The fraction of sp³-hybridized carbons (Fsp3) is 0.600. The Bertz CT molecular complexity index is 341. The van der Waals surface area contributed by atoms with Crippen LogP contribution in [0.2, 0.25) is 0 Å². The third kappa shape index (κ3) is 6.16. The van der Waals surface area contributed by atoms with Crippen LogP contribution in [-0.2, 0) is 13.2 Å². The number of rotatable bonds is 9. The number of nitrogens with two attached hydrogens (primary N) is 1. The van der Waals surface area contributed by atoms with Crippen molar-refractivity contribution in [2.45, 2.75) is 45.5 Å². The Kier molecular flexibility index (Phi) is 7.67. The SMILES string of the molecule is CC(CCCCO)C(N)NCc1ccc(CO)cc1. The summed E-state index contributed by atoms with van der Waals surface area (Å²) in [5.41, 5.74) is 8.17. The lowest BCUT2D eigenvalue weighted by Gasteiger charge is -2.21. The second kappa shape index (κ2) is 9.04. The normalized spacial score (nSPS) is 14.3. The Morgan fingerprint density at radius 3 is 2.32 bits per heavy atom. The van der Waals surface area contributed by atoms with Gasteiger partial charge in [0.05, 0.1) is 12.8 Å². The minimum atomic E-state index is -0.0313. The maximum Gasteiger partial charge on any atom is 0.0681 e. The lowest BCUT2D eigenvalue weighted by Crippen LogP contribution is -2.42. The van der Waals surface area contributed by atoms with Gasteiger partial charge in [0.25, 0.3) is 0 Å². The van der Waals surface area contributed by atoms with Crippen molar-refractivity contribution in [3.63, 3.8) is 0 Å². The number of hydrogen-bond acceptors (Lipinski definition) is 4. The maximum absolute atomic E-state index is 8.97. The van der Waals surface area contributed by atoms with Gasteiger partial charge in [-0.15, -0.1) is 0 Å². The van der Waals surface area contributed by atoms with Crippen LogP contribution in [-0.4, -0.2) is 23.0 Å². The van der Waals surface area contributed by atoms with Crippen molar-refractivity contribution in [1.82, 2.24) is 5.32 Å². The molecule has 0 amide bonds. The van der Waals surface area contributed by atoms with Crippen LogP contribution in [0.25, 0.3) is 0 Å². The molecule has 4 nitrogen and oxygen atoms in total. The quantitative estimate of drug-likeness (QED) is 0.402. The predicted molar refractivity (Wildman–Crippen MR) is 77.3 cm³/mol. The fourth-order valence-electron chi connectivity index (χ4n) is 1.96. The molecule has 0 aromatic heterocycles. The van der Waals surface area contributed by atoms with Gasteiger partial charge in [-0.1, -0.05) is 37.6 Å². The van der Waals surface area contributed by atoms with Gasteiger partial charge < -0.3 is 15.9 Å². The van der Waals surface area contributed by atoms with Crippen molar-refractivity contribution in [3.8, 4) is 0 Å². The fourth-order valence-corrected chi connectivity index (χ4v) is 1.96. The Morgan fingerprint density at radius 1 is 1.11 bits per heavy atom. The van der Waals surface area contributed by atoms with Gasteiger partial charge in [0, 0.05) is 13.2 Å². The molecule has 0 bridgehead atoms. The molecule has 2 unspecified atom stereocenters. The zero-order valence-corrected chi connectivity index (χ0v) is 11.7. The van der Waals surface area contributed by atoms with Gasteiger partial charge in [-0.25, -0.2) is 0 Å². The smallest absolute Gasteiger partial charge is 0.0681 e. The van der Waals surface area contributed by atoms with Crippen LogP contribution in [0.1, 0.15) is 37.3 Å². The minimum absolute atomic E-state index is 0.0313. The number of nitrogens with one attached hydrogen (secondary N) is 1. The van der Waals surface area contributed by atoms with Crippen LogP contribution in [0.3, 0.4) is 0 Å². The number of aliphatic hydroxyl groups is 2. The van der Waals surface area contributed by atoms with E-state index in [9.17, 15) is 0 Å². The molecule has 1 aromatic carbocycles. The van der Waals surface area contributed by atoms with E-state index in [4.69, 9.17) is 15.9 Å². The van der Waals surface area contributed by atoms with Crippen molar-refractivity contribution in [2.75, 3.05) is 6.61 Å². The molecule has 4 heteroatoms. The largest absolute Gasteiger partial charge is 0.396 e. The van der Waals surface area contributed by atoms with Crippen LogP contribution < -0.4 is 11.1 Å². The number of unbranched alkanes of at least 4 members (excludes halogenated alkanes) is 1. The standard InChI is InChI=1S/C15H26N2O2/c1-12(4-2-3-9-18)15(16)17-10-13-5-7-14(11-19)8-6-13/h5-8,12,15,17-19H,2-4,9-11,16H2,1H3. The topological polar surface area (TPSA) is 78.5 Å². The first-order valence-electron chi connectivity index (χ1n) is 6.96. The molecular weight excluding hydrogens is 240 g/mol. The van der Waals surface area contributed by atoms with Gasteiger partial charge in [-0.3, -0.25) is 5.32 Å². The highest BCUT2D eigenvalue weighted by atomic mass is 16.3. The third-order valence-electron chi connectivity index (χ3n) is 3.43. The molecule has 0 spiro atoms. The molecule has 0 saturated heterocycles. The number of hydrogen-bond donors (Lipinski definition) is 4. The average Bonchev–Trinajstić information content (AvgIpc) is 2.45. The Morgan fingerprint density at radius 2 is 1.74 bits per heavy atom. The zero-order valence-electron chi connectivity index (χ0n) is 11.7. The molecule has 0 aliphatic carbocycles. The molecule has 0 saturated carbocycles. The van der Waals surface area contributed by atoms with Crippen LogP contribution in [0, 0.1) is 5.92 Å². The van der Waals surface area contributed by atoms with Crippen molar-refractivity contribution in [1.29, 1.82) is 0 Å². The zero-order chi connectivity index (χ0) is 14.1. The first-order valence-corrected chi connectivity index (χ1v) is 6.96. The van der Waals surface area contributed by atoms with Crippen LogP contribution >= 0.6 is 0 Å². The molecular formula is C15H26N2O2. The number of benzene rings is 1. The Balaban J connectivity index is 2.29. The first-order chi connectivity index (χ1) is 9.17. The average molecular weight is 266 g/mol. The maximum atomic E-state index is 8.97. The van der Waals surface area contributed by atoms with E-state index in [0.29, 0.717) is 5.92 Å². The lowest BCUT2D eigenvalue weighted by molar-refractivity contribution is 0.271. The monoisotopic (exact) mass is 266 g/mol. The highest BCUT2D eigenvalue weighted by molar-refractivity contribution is 5.21. The van der Waals surface area contributed by atoms with Crippen molar-refractivity contribution < 1.29 is 10.2 Å². The molecule has 5 N–H and O–H groups in total. The van der Waals surface area contributed by atoms with E-state index in [1.807, 2.05) is 24.3 Å². The summed E-state index contributed by atoms with van der Waals surface area (Å²) in [6.45, 7) is 3.20. The third-order valence-corrected chi connectivity index (χ3v) is 3.43.